The molecule has 0 saturated carbocycles. The molecule has 0 bridgehead atoms. The number of nitriles is 1. The number of methoxy groups -OCH3 is 1. The van der Waals surface area contributed by atoms with Crippen molar-refractivity contribution in [2.45, 2.75) is 104 Å². The van der Waals surface area contributed by atoms with E-state index in [1.165, 1.54) is 17.7 Å². The zero-order chi connectivity index (χ0) is 45.0. The second-order valence-electron chi connectivity index (χ2n) is 17.5. The molecule has 4 heterocycles. The van der Waals surface area contributed by atoms with Crippen LogP contribution in [0.4, 0.5) is 16.2 Å². The molecule has 328 valence electrons. The number of carbonyl (C=O) groups excluding carboxylic acids is 3. The first-order valence-corrected chi connectivity index (χ1v) is 20.4. The molecule has 1 atom stereocenters. The topological polar surface area (TPSA) is 194 Å². The number of imidazole rings is 1. The fourth-order valence-corrected chi connectivity index (χ4v) is 6.84. The van der Waals surface area contributed by atoms with Crippen LogP contribution >= 0.6 is 0 Å². The molecule has 3 aromatic heterocycles. The molecule has 5 aromatic rings. The molecule has 2 aromatic carbocycles. The highest BCUT2D eigenvalue weighted by Crippen LogP contribution is 2.36. The van der Waals surface area contributed by atoms with Gasteiger partial charge in [0.05, 0.1) is 18.0 Å². The van der Waals surface area contributed by atoms with Gasteiger partial charge < -0.3 is 33.4 Å². The van der Waals surface area contributed by atoms with Gasteiger partial charge >= 0.3 is 18.0 Å². The van der Waals surface area contributed by atoms with Gasteiger partial charge in [-0.05, 0) is 117 Å². The third kappa shape index (κ3) is 10.5. The Kier molecular flexibility index (Phi) is 13.2. The molecule has 0 amide bonds. The number of hydrogen-bond donors (Lipinski definition) is 0. The molecule has 0 radical (unpaired) electrons. The van der Waals surface area contributed by atoms with Crippen molar-refractivity contribution in [3.63, 3.8) is 0 Å². The second-order valence-corrected chi connectivity index (χ2v) is 17.5. The van der Waals surface area contributed by atoms with Gasteiger partial charge in [-0.1, -0.05) is 12.1 Å². The molecular weight excluding hydrogens is 797 g/mol. The summed E-state index contributed by atoms with van der Waals surface area (Å²) in [6, 6.07) is 15.7. The average molecular weight is 851 g/mol. The van der Waals surface area contributed by atoms with Crippen molar-refractivity contribution in [2.75, 3.05) is 32.0 Å². The van der Waals surface area contributed by atoms with E-state index in [0.717, 1.165) is 12.8 Å². The summed E-state index contributed by atoms with van der Waals surface area (Å²) in [5.74, 6) is -0.0466. The third-order valence-electron chi connectivity index (χ3n) is 9.73. The normalized spacial score (nSPS) is 14.5. The molecule has 1 aliphatic heterocycles. The zero-order valence-electron chi connectivity index (χ0n) is 36.9. The summed E-state index contributed by atoms with van der Waals surface area (Å²) in [7, 11) is 1.48. The number of para-hydroxylation sites is 1. The molecular formula is C45H54N8O9. The maximum atomic E-state index is 14.1. The van der Waals surface area contributed by atoms with E-state index in [4.69, 9.17) is 33.4 Å². The van der Waals surface area contributed by atoms with E-state index in [0.29, 0.717) is 58.8 Å². The number of ether oxygens (including phenoxy) is 6. The predicted octanol–water partition coefficient (Wildman–Crippen LogP) is 9.25. The van der Waals surface area contributed by atoms with Crippen LogP contribution in [0.15, 0.2) is 71.2 Å². The second kappa shape index (κ2) is 18.2. The summed E-state index contributed by atoms with van der Waals surface area (Å²) in [6.07, 6.45) is 3.82. The summed E-state index contributed by atoms with van der Waals surface area (Å²) in [6.45, 7) is 16.8. The molecule has 6 rings (SSSR count). The summed E-state index contributed by atoms with van der Waals surface area (Å²) >= 11 is 0. The van der Waals surface area contributed by atoms with Crippen molar-refractivity contribution in [3.8, 4) is 17.6 Å². The van der Waals surface area contributed by atoms with E-state index in [2.05, 4.69) is 26.3 Å². The van der Waals surface area contributed by atoms with Crippen molar-refractivity contribution >= 4 is 51.5 Å². The van der Waals surface area contributed by atoms with Crippen molar-refractivity contribution in [2.24, 2.45) is 16.1 Å². The van der Waals surface area contributed by atoms with E-state index in [1.807, 2.05) is 4.68 Å². The number of carbonyl (C=O) groups is 3. The molecule has 1 aliphatic rings. The Bertz CT molecular complexity index is 2510. The molecule has 62 heavy (non-hydrogen) atoms. The number of pyridine rings is 1. The van der Waals surface area contributed by atoms with Gasteiger partial charge in [-0.2, -0.15) is 10.4 Å². The zero-order valence-corrected chi connectivity index (χ0v) is 36.9. The third-order valence-corrected chi connectivity index (χ3v) is 9.73. The number of fused-ring (bicyclic) bond motifs is 3. The van der Waals surface area contributed by atoms with Gasteiger partial charge in [0.15, 0.2) is 30.0 Å². The van der Waals surface area contributed by atoms with Gasteiger partial charge in [-0.3, -0.25) is 0 Å². The van der Waals surface area contributed by atoms with Crippen LogP contribution in [0.1, 0.15) is 104 Å². The largest absolute Gasteiger partial charge is 0.474 e. The monoisotopic (exact) mass is 850 g/mol. The number of nitrogens with zero attached hydrogens (tertiary/aromatic N) is 8. The van der Waals surface area contributed by atoms with Crippen molar-refractivity contribution in [1.29, 1.82) is 5.26 Å². The van der Waals surface area contributed by atoms with Crippen LogP contribution in [0.25, 0.3) is 22.1 Å². The van der Waals surface area contributed by atoms with E-state index in [9.17, 15) is 19.6 Å². The Labute approximate surface area is 360 Å². The summed E-state index contributed by atoms with van der Waals surface area (Å²) in [5.41, 5.74) is -0.552. The fourth-order valence-electron chi connectivity index (χ4n) is 6.84. The lowest BCUT2D eigenvalue weighted by molar-refractivity contribution is -0.165. The number of hydrogen-bond acceptors (Lipinski definition) is 15. The molecule has 1 fully saturated rings. The highest BCUT2D eigenvalue weighted by atomic mass is 16.7. The van der Waals surface area contributed by atoms with Crippen molar-refractivity contribution < 1.29 is 42.8 Å². The Morgan fingerprint density at radius 2 is 1.65 bits per heavy atom. The molecule has 0 N–H and O–H groups in total. The van der Waals surface area contributed by atoms with E-state index < -0.39 is 40.9 Å². The molecule has 0 spiro atoms. The van der Waals surface area contributed by atoms with E-state index in [1.54, 1.807) is 117 Å². The minimum absolute atomic E-state index is 0.0749. The van der Waals surface area contributed by atoms with Crippen molar-refractivity contribution in [1.82, 2.24) is 19.2 Å². The molecule has 17 nitrogen and oxygen atoms in total. The molecule has 0 unspecified atom stereocenters. The minimum atomic E-state index is -1.52. The van der Waals surface area contributed by atoms with Crippen LogP contribution in [-0.2, 0) is 23.7 Å². The summed E-state index contributed by atoms with van der Waals surface area (Å²) in [4.78, 5) is 49.9. The Hall–Kier alpha value is -6.54. The average Bonchev–Trinajstić information content (AvgIpc) is 3.81. The first kappa shape index (κ1) is 45.0. The number of aromatic nitrogens is 4. The predicted molar refractivity (Wildman–Crippen MR) is 230 cm³/mol. The summed E-state index contributed by atoms with van der Waals surface area (Å²) in [5, 5.41) is 20.9. The lowest BCUT2D eigenvalue weighted by atomic mass is 9.95. The quantitative estimate of drug-likeness (QED) is 0.0471. The lowest BCUT2D eigenvalue weighted by Crippen LogP contribution is -2.44. The van der Waals surface area contributed by atoms with Gasteiger partial charge in [-0.15, -0.1) is 5.11 Å². The van der Waals surface area contributed by atoms with Gasteiger partial charge in [0, 0.05) is 38.2 Å². The number of rotatable bonds is 13. The van der Waals surface area contributed by atoms with Crippen LogP contribution in [0, 0.1) is 17.2 Å². The van der Waals surface area contributed by atoms with Crippen LogP contribution in [0.3, 0.4) is 0 Å². The standard InChI is InChI=1S/C45H54N8O9/c1-28(38-48-34-26-47-39-31(20-24-52(39)42(56)62-44(5,6)7)37(34)53(38)51-22-18-29(17-21-46)19-23-51)59-41(55)45(8,9)60-36-14-12-11-13-33(36)50-49-30-15-16-35(58-27-57-10)32(25-30)40(54)61-43(2,3)4/h11-16,20,24-26,28-29H,17-19,22-23,27H2,1-10H3/t28-/m1/s1. The fraction of sp³-hybridized carbons (Fsp3) is 0.467. The van der Waals surface area contributed by atoms with Gasteiger partial charge in [0.25, 0.3) is 0 Å². The van der Waals surface area contributed by atoms with Crippen LogP contribution in [0.5, 0.6) is 11.5 Å². The van der Waals surface area contributed by atoms with Crippen LogP contribution in [0.2, 0.25) is 0 Å². The van der Waals surface area contributed by atoms with E-state index >= 15 is 0 Å². The van der Waals surface area contributed by atoms with Crippen LogP contribution in [-0.4, -0.2) is 81.0 Å². The number of azo groups is 1. The molecule has 0 aliphatic carbocycles. The highest BCUT2D eigenvalue weighted by Gasteiger charge is 2.36. The number of benzene rings is 2. The Morgan fingerprint density at radius 3 is 2.32 bits per heavy atom. The summed E-state index contributed by atoms with van der Waals surface area (Å²) < 4.78 is 37.6. The maximum Gasteiger partial charge on any atom is 0.420 e. The van der Waals surface area contributed by atoms with Crippen molar-refractivity contribution in [3.05, 3.63) is 72.3 Å². The number of piperidine rings is 1. The van der Waals surface area contributed by atoms with Gasteiger partial charge in [0.2, 0.25) is 0 Å². The Balaban J connectivity index is 1.26. The molecule has 1 saturated heterocycles. The van der Waals surface area contributed by atoms with E-state index in [-0.39, 0.29) is 29.8 Å². The van der Waals surface area contributed by atoms with Crippen LogP contribution < -0.4 is 14.5 Å². The Morgan fingerprint density at radius 1 is 0.935 bits per heavy atom. The highest BCUT2D eigenvalue weighted by molar-refractivity contribution is 6.04. The first-order valence-electron chi connectivity index (χ1n) is 20.4. The maximum absolute atomic E-state index is 14.1. The first-order chi connectivity index (χ1) is 29.3. The minimum Gasteiger partial charge on any atom is -0.474 e. The number of esters is 2. The molecule has 17 heteroatoms. The smallest absolute Gasteiger partial charge is 0.420 e. The lowest BCUT2D eigenvalue weighted by Gasteiger charge is -2.35. The SMILES string of the molecule is COCOc1ccc(N=Nc2ccccc2OC(C)(C)C(=O)O[C@H](C)c2nc3cnc4c(ccn4C(=O)OC(C)(C)C)c3n2N2CCC(CC#N)CC2)cc1C(=O)OC(C)(C)C. The van der Waals surface area contributed by atoms with Gasteiger partial charge in [-0.25, -0.2) is 33.6 Å². The van der Waals surface area contributed by atoms with Gasteiger partial charge in [0.1, 0.15) is 45.0 Å².